The first-order valence-electron chi connectivity index (χ1n) is 8.43. The van der Waals surface area contributed by atoms with Gasteiger partial charge in [-0.25, -0.2) is 9.50 Å². The van der Waals surface area contributed by atoms with Crippen LogP contribution in [0.1, 0.15) is 35.7 Å². The van der Waals surface area contributed by atoms with Crippen LogP contribution in [0.25, 0.3) is 5.65 Å². The summed E-state index contributed by atoms with van der Waals surface area (Å²) in [5.41, 5.74) is 9.70. The van der Waals surface area contributed by atoms with E-state index in [9.17, 15) is 4.79 Å². The van der Waals surface area contributed by atoms with E-state index in [4.69, 9.17) is 5.73 Å². The minimum Gasteiger partial charge on any atom is -0.369 e. The zero-order valence-corrected chi connectivity index (χ0v) is 14.7. The van der Waals surface area contributed by atoms with Crippen molar-refractivity contribution in [2.75, 3.05) is 33.7 Å². The largest absolute Gasteiger partial charge is 0.369 e. The number of hydrogen-bond acceptors (Lipinski definition) is 5. The van der Waals surface area contributed by atoms with Crippen LogP contribution in [0.2, 0.25) is 0 Å². The third-order valence-corrected chi connectivity index (χ3v) is 4.56. The number of likely N-dealkylation sites (tertiary alicyclic amines) is 1. The molecule has 0 aromatic carbocycles. The van der Waals surface area contributed by atoms with Gasteiger partial charge < -0.3 is 10.6 Å². The fourth-order valence-electron chi connectivity index (χ4n) is 3.58. The van der Waals surface area contributed by atoms with Crippen molar-refractivity contribution in [3.05, 3.63) is 29.2 Å². The summed E-state index contributed by atoms with van der Waals surface area (Å²) >= 11 is 0. The molecule has 1 fully saturated rings. The van der Waals surface area contributed by atoms with Crippen LogP contribution >= 0.6 is 0 Å². The van der Waals surface area contributed by atoms with E-state index in [0.29, 0.717) is 12.5 Å². The number of aromatic nitrogens is 3. The molecule has 0 spiro atoms. The number of aryl methyl sites for hydroxylation is 1. The van der Waals surface area contributed by atoms with E-state index in [-0.39, 0.29) is 5.91 Å². The van der Waals surface area contributed by atoms with Crippen molar-refractivity contribution < 1.29 is 4.79 Å². The second-order valence-electron chi connectivity index (χ2n) is 6.98. The minimum absolute atomic E-state index is 0.254. The molecular weight excluding hydrogens is 304 g/mol. The molecule has 24 heavy (non-hydrogen) atoms. The van der Waals surface area contributed by atoms with Crippen LogP contribution in [0.5, 0.6) is 0 Å². The van der Waals surface area contributed by atoms with Gasteiger partial charge in [-0.05, 0) is 47.0 Å². The molecule has 130 valence electrons. The molecular formula is C17H26N6O. The maximum absolute atomic E-state index is 11.1. The maximum Gasteiger partial charge on any atom is 0.231 e. The van der Waals surface area contributed by atoms with Crippen LogP contribution in [0.15, 0.2) is 12.3 Å². The van der Waals surface area contributed by atoms with Gasteiger partial charge in [-0.1, -0.05) is 0 Å². The lowest BCUT2D eigenvalue weighted by atomic mass is 9.90. The molecule has 2 aromatic rings. The monoisotopic (exact) mass is 330 g/mol. The van der Waals surface area contributed by atoms with Gasteiger partial charge in [0.05, 0.1) is 17.9 Å². The van der Waals surface area contributed by atoms with Gasteiger partial charge in [0.1, 0.15) is 0 Å². The number of nitrogens with zero attached hydrogens (tertiary/aromatic N) is 5. The number of carbonyl (C=O) groups excluding carboxylic acids is 1. The zero-order chi connectivity index (χ0) is 17.3. The van der Waals surface area contributed by atoms with Gasteiger partial charge >= 0.3 is 0 Å². The molecule has 7 heteroatoms. The summed E-state index contributed by atoms with van der Waals surface area (Å²) in [6.07, 6.45) is 4.00. The van der Waals surface area contributed by atoms with Crippen molar-refractivity contribution in [1.82, 2.24) is 24.4 Å². The summed E-state index contributed by atoms with van der Waals surface area (Å²) in [6.45, 7) is 4.97. The summed E-state index contributed by atoms with van der Waals surface area (Å²) in [5, 5.41) is 4.67. The first-order chi connectivity index (χ1) is 11.4. The highest BCUT2D eigenvalue weighted by Crippen LogP contribution is 2.31. The van der Waals surface area contributed by atoms with Crippen molar-refractivity contribution in [3.8, 4) is 0 Å². The topological polar surface area (TPSA) is 79.8 Å². The fourth-order valence-corrected chi connectivity index (χ4v) is 3.58. The number of rotatable bonds is 5. The number of nitrogens with two attached hydrogens (primary N) is 1. The van der Waals surface area contributed by atoms with E-state index in [1.807, 2.05) is 23.7 Å². The molecule has 0 bridgehead atoms. The molecule has 1 aliphatic rings. The third kappa shape index (κ3) is 3.57. The number of piperidine rings is 1. The summed E-state index contributed by atoms with van der Waals surface area (Å²) in [6, 6.07) is 2.02. The number of amides is 1. The van der Waals surface area contributed by atoms with Crippen LogP contribution in [-0.4, -0.2) is 64.0 Å². The molecule has 1 saturated heterocycles. The Bertz CT molecular complexity index is 730. The highest BCUT2D eigenvalue weighted by molar-refractivity contribution is 5.75. The van der Waals surface area contributed by atoms with Crippen LogP contribution in [0.4, 0.5) is 0 Å². The van der Waals surface area contributed by atoms with Crippen LogP contribution < -0.4 is 5.73 Å². The molecule has 1 aliphatic heterocycles. The molecule has 0 saturated carbocycles. The maximum atomic E-state index is 11.1. The minimum atomic E-state index is -0.254. The van der Waals surface area contributed by atoms with Crippen LogP contribution in [0.3, 0.4) is 0 Å². The van der Waals surface area contributed by atoms with Crippen molar-refractivity contribution in [2.45, 2.75) is 32.2 Å². The third-order valence-electron chi connectivity index (χ3n) is 4.56. The molecule has 3 heterocycles. The fraction of sp³-hybridized carbons (Fsp3) is 0.588. The van der Waals surface area contributed by atoms with Gasteiger partial charge in [-0.3, -0.25) is 9.69 Å². The van der Waals surface area contributed by atoms with E-state index in [1.54, 1.807) is 0 Å². The lowest BCUT2D eigenvalue weighted by Crippen LogP contribution is -2.39. The lowest BCUT2D eigenvalue weighted by Gasteiger charge is -2.32. The Labute approximate surface area is 142 Å². The summed E-state index contributed by atoms with van der Waals surface area (Å²) in [5.74, 6) is 0.171. The molecule has 0 radical (unpaired) electrons. The van der Waals surface area contributed by atoms with Gasteiger partial charge in [-0.15, -0.1) is 0 Å². The van der Waals surface area contributed by atoms with Crippen LogP contribution in [-0.2, 0) is 11.3 Å². The van der Waals surface area contributed by atoms with E-state index < -0.39 is 0 Å². The predicted molar refractivity (Wildman–Crippen MR) is 92.7 cm³/mol. The number of hydrogen-bond donors (Lipinski definition) is 1. The lowest BCUT2D eigenvalue weighted by molar-refractivity contribution is -0.119. The van der Waals surface area contributed by atoms with E-state index >= 15 is 0 Å². The van der Waals surface area contributed by atoms with Gasteiger partial charge in [0.2, 0.25) is 5.91 Å². The average Bonchev–Trinajstić information content (AvgIpc) is 2.87. The van der Waals surface area contributed by atoms with Crippen molar-refractivity contribution >= 4 is 11.6 Å². The standard InChI is InChI=1S/C17H26N6O/c1-12-8-16-19-9-14(10-21(2)3)17(23(16)20-12)13-4-6-22(7-5-13)11-15(18)24/h8-9,13H,4-7,10-11H2,1-3H3,(H2,18,24). The van der Waals surface area contributed by atoms with Crippen molar-refractivity contribution in [3.63, 3.8) is 0 Å². The Balaban J connectivity index is 1.90. The van der Waals surface area contributed by atoms with E-state index in [1.165, 1.54) is 11.3 Å². The Hall–Kier alpha value is -1.99. The average molecular weight is 330 g/mol. The molecule has 3 rings (SSSR count). The van der Waals surface area contributed by atoms with Crippen molar-refractivity contribution in [2.24, 2.45) is 5.73 Å². The quantitative estimate of drug-likeness (QED) is 0.876. The Morgan fingerprint density at radius 3 is 2.71 bits per heavy atom. The molecule has 1 amide bonds. The van der Waals surface area contributed by atoms with Gasteiger partial charge in [0.25, 0.3) is 0 Å². The first kappa shape index (κ1) is 16.9. The molecule has 0 atom stereocenters. The summed E-state index contributed by atoms with van der Waals surface area (Å²) in [4.78, 5) is 20.0. The molecule has 2 aromatic heterocycles. The van der Waals surface area contributed by atoms with E-state index in [2.05, 4.69) is 34.0 Å². The zero-order valence-electron chi connectivity index (χ0n) is 14.7. The summed E-state index contributed by atoms with van der Waals surface area (Å²) in [7, 11) is 4.13. The normalized spacial score (nSPS) is 17.0. The molecule has 0 unspecified atom stereocenters. The second-order valence-corrected chi connectivity index (χ2v) is 6.98. The van der Waals surface area contributed by atoms with E-state index in [0.717, 1.165) is 43.8 Å². The van der Waals surface area contributed by atoms with Gasteiger partial charge in [0, 0.05) is 30.3 Å². The van der Waals surface area contributed by atoms with Crippen LogP contribution in [0, 0.1) is 6.92 Å². The molecule has 2 N–H and O–H groups in total. The van der Waals surface area contributed by atoms with Gasteiger partial charge in [-0.2, -0.15) is 5.10 Å². The Morgan fingerprint density at radius 2 is 2.08 bits per heavy atom. The summed E-state index contributed by atoms with van der Waals surface area (Å²) < 4.78 is 2.02. The molecule has 7 nitrogen and oxygen atoms in total. The number of fused-ring (bicyclic) bond motifs is 1. The highest BCUT2D eigenvalue weighted by Gasteiger charge is 2.26. The SMILES string of the molecule is Cc1cc2ncc(CN(C)C)c(C3CCN(CC(N)=O)CC3)n2n1. The van der Waals surface area contributed by atoms with Gasteiger partial charge in [0.15, 0.2) is 5.65 Å². The number of primary amides is 1. The highest BCUT2D eigenvalue weighted by atomic mass is 16.1. The second kappa shape index (κ2) is 6.86. The molecule has 0 aliphatic carbocycles. The Kier molecular flexibility index (Phi) is 4.82. The number of carbonyl (C=O) groups is 1. The van der Waals surface area contributed by atoms with Crippen molar-refractivity contribution in [1.29, 1.82) is 0 Å². The smallest absolute Gasteiger partial charge is 0.231 e. The Morgan fingerprint density at radius 1 is 1.38 bits per heavy atom. The first-order valence-corrected chi connectivity index (χ1v) is 8.43. The predicted octanol–water partition coefficient (Wildman–Crippen LogP) is 0.764.